The molecule has 5 rings (SSSR count). The number of aryl methyl sites for hydroxylation is 1. The number of fused-ring (bicyclic) bond motifs is 1. The number of pyridine rings is 2. The molecule has 3 atom stereocenters. The molecule has 0 bridgehead atoms. The number of aromatic nitrogens is 4. The summed E-state index contributed by atoms with van der Waals surface area (Å²) in [6.45, 7) is 4.04. The minimum atomic E-state index is -0.0929. The van der Waals surface area contributed by atoms with Gasteiger partial charge in [0.15, 0.2) is 0 Å². The number of nitrogens with two attached hydrogens (primary N) is 2. The normalized spacial score (nSPS) is 19.8. The van der Waals surface area contributed by atoms with Crippen molar-refractivity contribution in [2.45, 2.75) is 19.8 Å². The van der Waals surface area contributed by atoms with Crippen LogP contribution in [0.3, 0.4) is 0 Å². The zero-order valence-electron chi connectivity index (χ0n) is 18.2. The summed E-state index contributed by atoms with van der Waals surface area (Å²) in [5.74, 6) is 1.20. The van der Waals surface area contributed by atoms with Crippen molar-refractivity contribution in [1.29, 1.82) is 0 Å². The Labute approximate surface area is 185 Å². The van der Waals surface area contributed by atoms with Crippen molar-refractivity contribution in [3.05, 3.63) is 60.0 Å². The molecule has 5 N–H and O–H groups in total. The predicted molar refractivity (Wildman–Crippen MR) is 126 cm³/mol. The van der Waals surface area contributed by atoms with Gasteiger partial charge >= 0.3 is 0 Å². The molecule has 0 spiro atoms. The molecule has 3 heterocycles. The van der Waals surface area contributed by atoms with E-state index in [1.807, 2.05) is 56.7 Å². The van der Waals surface area contributed by atoms with Gasteiger partial charge in [-0.15, -0.1) is 0 Å². The molecule has 1 aliphatic carbocycles. The lowest BCUT2D eigenvalue weighted by Crippen LogP contribution is -2.16. The number of nitrogens with one attached hydrogen (secondary N) is 1. The van der Waals surface area contributed by atoms with Crippen LogP contribution < -0.4 is 16.8 Å². The van der Waals surface area contributed by atoms with Gasteiger partial charge < -0.3 is 16.8 Å². The molecule has 3 aromatic heterocycles. The maximum absolute atomic E-state index is 12.9. The van der Waals surface area contributed by atoms with Gasteiger partial charge in [-0.2, -0.15) is 5.10 Å². The van der Waals surface area contributed by atoms with Crippen molar-refractivity contribution in [3.8, 4) is 11.3 Å². The highest BCUT2D eigenvalue weighted by molar-refractivity contribution is 5.99. The molecule has 0 unspecified atom stereocenters. The molecule has 1 amide bonds. The van der Waals surface area contributed by atoms with Gasteiger partial charge in [0.05, 0.1) is 11.9 Å². The summed E-state index contributed by atoms with van der Waals surface area (Å²) in [7, 11) is 1.88. The third kappa shape index (κ3) is 3.33. The van der Waals surface area contributed by atoms with Crippen molar-refractivity contribution in [3.63, 3.8) is 0 Å². The zero-order chi connectivity index (χ0) is 22.6. The number of nitrogens with zero attached hydrogens (tertiary/aromatic N) is 4. The van der Waals surface area contributed by atoms with Crippen molar-refractivity contribution in [2.24, 2.45) is 18.9 Å². The summed E-state index contributed by atoms with van der Waals surface area (Å²) in [5, 5.41) is 8.79. The van der Waals surface area contributed by atoms with Gasteiger partial charge in [-0.3, -0.25) is 9.48 Å². The predicted octanol–water partition coefficient (Wildman–Crippen LogP) is 3.49. The van der Waals surface area contributed by atoms with E-state index in [0.29, 0.717) is 17.3 Å². The van der Waals surface area contributed by atoms with Gasteiger partial charge in [-0.05, 0) is 47.6 Å². The van der Waals surface area contributed by atoms with E-state index in [2.05, 4.69) is 27.3 Å². The first-order valence-corrected chi connectivity index (χ1v) is 10.5. The quantitative estimate of drug-likeness (QED) is 0.428. The Kier molecular flexibility index (Phi) is 4.58. The second-order valence-corrected chi connectivity index (χ2v) is 8.55. The monoisotopic (exact) mass is 427 g/mol. The molecular weight excluding hydrogens is 402 g/mol. The van der Waals surface area contributed by atoms with Crippen LogP contribution in [0.2, 0.25) is 0 Å². The lowest BCUT2D eigenvalue weighted by atomic mass is 10.0. The Morgan fingerprint density at radius 2 is 2.00 bits per heavy atom. The van der Waals surface area contributed by atoms with Crippen molar-refractivity contribution < 1.29 is 4.79 Å². The van der Waals surface area contributed by atoms with Crippen LogP contribution in [0.25, 0.3) is 22.0 Å². The van der Waals surface area contributed by atoms with Crippen LogP contribution in [0.5, 0.6) is 0 Å². The van der Waals surface area contributed by atoms with Crippen molar-refractivity contribution in [2.75, 3.05) is 16.8 Å². The summed E-state index contributed by atoms with van der Waals surface area (Å²) in [4.78, 5) is 21.9. The van der Waals surface area contributed by atoms with Crippen LogP contribution in [-0.4, -0.2) is 25.7 Å². The first kappa shape index (κ1) is 20.0. The maximum atomic E-state index is 12.9. The van der Waals surface area contributed by atoms with Crippen molar-refractivity contribution >= 4 is 34.0 Å². The lowest BCUT2D eigenvalue weighted by molar-refractivity contribution is -0.117. The van der Waals surface area contributed by atoms with E-state index in [9.17, 15) is 4.79 Å². The summed E-state index contributed by atoms with van der Waals surface area (Å²) in [5.41, 5.74) is 16.7. The van der Waals surface area contributed by atoms with Gasteiger partial charge in [0.25, 0.3) is 0 Å². The van der Waals surface area contributed by atoms with Crippen molar-refractivity contribution in [1.82, 2.24) is 19.7 Å². The molecule has 1 fully saturated rings. The highest BCUT2D eigenvalue weighted by atomic mass is 16.2. The zero-order valence-corrected chi connectivity index (χ0v) is 18.2. The fourth-order valence-electron chi connectivity index (χ4n) is 4.51. The number of benzene rings is 1. The van der Waals surface area contributed by atoms with Gasteiger partial charge in [-0.25, -0.2) is 9.97 Å². The Bertz CT molecular complexity index is 1360. The fraction of sp³-hybridized carbons (Fsp3) is 0.250. The molecule has 1 aromatic carbocycles. The topological polar surface area (TPSA) is 125 Å². The SMILES string of the molecule is Cc1c(N)cccc1-c1cc2cc(NC(=O)[C@@H]3[C@@H](C)[C@H]3c3cnn(C)c3)ncc2c(N)n1. The summed E-state index contributed by atoms with van der Waals surface area (Å²) in [6.07, 6.45) is 5.45. The molecule has 0 aliphatic heterocycles. The van der Waals surface area contributed by atoms with Crippen LogP contribution in [0, 0.1) is 18.8 Å². The van der Waals surface area contributed by atoms with E-state index in [4.69, 9.17) is 11.5 Å². The smallest absolute Gasteiger partial charge is 0.229 e. The molecule has 8 heteroatoms. The van der Waals surface area contributed by atoms with Crippen LogP contribution in [0.1, 0.15) is 24.0 Å². The number of hydrogen-bond donors (Lipinski definition) is 3. The van der Waals surface area contributed by atoms with E-state index < -0.39 is 0 Å². The Morgan fingerprint density at radius 1 is 1.19 bits per heavy atom. The largest absolute Gasteiger partial charge is 0.398 e. The highest BCUT2D eigenvalue weighted by Crippen LogP contribution is 2.54. The van der Waals surface area contributed by atoms with Crippen LogP contribution >= 0.6 is 0 Å². The van der Waals surface area contributed by atoms with Gasteiger partial charge in [0.2, 0.25) is 5.91 Å². The molecule has 0 radical (unpaired) electrons. The summed E-state index contributed by atoms with van der Waals surface area (Å²) >= 11 is 0. The van der Waals surface area contributed by atoms with Crippen LogP contribution in [-0.2, 0) is 11.8 Å². The van der Waals surface area contributed by atoms with Gasteiger partial charge in [0.1, 0.15) is 11.6 Å². The standard InChI is InChI=1S/C24H25N7O/c1-12-16(5-4-6-18(12)25)19-7-14-8-20(27-10-17(14)23(26)29-19)30-24(32)22-13(2)21(22)15-9-28-31(3)11-15/h4-11,13,21-22H,25H2,1-3H3,(H2,26,29)(H,27,30,32)/t13-,21-,22+/m0/s1. The third-order valence-corrected chi connectivity index (χ3v) is 6.44. The van der Waals surface area contributed by atoms with Gasteiger partial charge in [0, 0.05) is 47.9 Å². The van der Waals surface area contributed by atoms with E-state index in [-0.39, 0.29) is 23.7 Å². The number of carbonyl (C=O) groups excluding carboxylic acids is 1. The molecule has 0 saturated heterocycles. The minimum absolute atomic E-state index is 0.0351. The van der Waals surface area contributed by atoms with E-state index in [1.165, 1.54) is 0 Å². The molecule has 4 aromatic rings. The highest BCUT2D eigenvalue weighted by Gasteiger charge is 2.52. The number of nitrogen functional groups attached to an aromatic ring is 2. The van der Waals surface area contributed by atoms with E-state index >= 15 is 0 Å². The molecule has 32 heavy (non-hydrogen) atoms. The number of hydrogen-bond acceptors (Lipinski definition) is 6. The maximum Gasteiger partial charge on any atom is 0.229 e. The molecule has 1 saturated carbocycles. The third-order valence-electron chi connectivity index (χ3n) is 6.44. The summed E-state index contributed by atoms with van der Waals surface area (Å²) in [6, 6.07) is 9.51. The molecule has 1 aliphatic rings. The minimum Gasteiger partial charge on any atom is -0.398 e. The Morgan fingerprint density at radius 3 is 2.75 bits per heavy atom. The molecule has 8 nitrogen and oxygen atoms in total. The average Bonchev–Trinajstić information content (AvgIpc) is 3.24. The first-order chi connectivity index (χ1) is 15.3. The fourth-order valence-corrected chi connectivity index (χ4v) is 4.51. The first-order valence-electron chi connectivity index (χ1n) is 10.5. The second-order valence-electron chi connectivity index (χ2n) is 8.55. The lowest BCUT2D eigenvalue weighted by Gasteiger charge is -2.11. The molecule has 162 valence electrons. The Balaban J connectivity index is 1.43. The summed E-state index contributed by atoms with van der Waals surface area (Å²) < 4.78 is 1.76. The van der Waals surface area contributed by atoms with E-state index in [0.717, 1.165) is 33.2 Å². The number of anilines is 3. The number of rotatable bonds is 4. The Hall–Kier alpha value is -3.94. The van der Waals surface area contributed by atoms with Crippen LogP contribution in [0.15, 0.2) is 48.9 Å². The number of amides is 1. The van der Waals surface area contributed by atoms with Crippen LogP contribution in [0.4, 0.5) is 17.3 Å². The van der Waals surface area contributed by atoms with Gasteiger partial charge in [-0.1, -0.05) is 19.1 Å². The number of carbonyl (C=O) groups is 1. The van der Waals surface area contributed by atoms with E-state index in [1.54, 1.807) is 10.9 Å². The molecular formula is C24H25N7O. The second kappa shape index (κ2) is 7.33. The average molecular weight is 428 g/mol.